The SMILES string of the molecule is CN=C(NCCc1ccc(OC)cc1Cl)NCC1(c2ccc(OC)cc2)CCOCC1. The molecule has 1 heterocycles. The highest BCUT2D eigenvalue weighted by Crippen LogP contribution is 2.35. The third kappa shape index (κ3) is 6.05. The van der Waals surface area contributed by atoms with Gasteiger partial charge >= 0.3 is 0 Å². The van der Waals surface area contributed by atoms with E-state index in [1.54, 1.807) is 21.3 Å². The Balaban J connectivity index is 1.59. The zero-order valence-electron chi connectivity index (χ0n) is 18.5. The predicted molar refractivity (Wildman–Crippen MR) is 126 cm³/mol. The van der Waals surface area contributed by atoms with Gasteiger partial charge in [-0.05, 0) is 54.7 Å². The molecule has 0 aliphatic carbocycles. The molecule has 2 aromatic rings. The summed E-state index contributed by atoms with van der Waals surface area (Å²) in [6.07, 6.45) is 2.72. The summed E-state index contributed by atoms with van der Waals surface area (Å²) >= 11 is 6.35. The second-order valence-electron chi connectivity index (χ2n) is 7.68. The zero-order valence-corrected chi connectivity index (χ0v) is 19.3. The third-order valence-electron chi connectivity index (χ3n) is 5.92. The molecular formula is C24H32ClN3O3. The number of hydrogen-bond acceptors (Lipinski definition) is 4. The Kier molecular flexibility index (Phi) is 8.43. The number of methoxy groups -OCH3 is 2. The van der Waals surface area contributed by atoms with E-state index in [4.69, 9.17) is 25.8 Å². The summed E-state index contributed by atoms with van der Waals surface area (Å²) in [6, 6.07) is 14.1. The van der Waals surface area contributed by atoms with E-state index >= 15 is 0 Å². The van der Waals surface area contributed by atoms with Gasteiger partial charge in [0.1, 0.15) is 11.5 Å². The fourth-order valence-corrected chi connectivity index (χ4v) is 4.19. The first-order chi connectivity index (χ1) is 15.1. The minimum atomic E-state index is 0.00142. The molecule has 3 rings (SSSR count). The molecule has 2 N–H and O–H groups in total. The van der Waals surface area contributed by atoms with E-state index in [1.165, 1.54) is 5.56 Å². The molecule has 0 bridgehead atoms. The average Bonchev–Trinajstić information content (AvgIpc) is 2.82. The smallest absolute Gasteiger partial charge is 0.191 e. The predicted octanol–water partition coefficient (Wildman–Crippen LogP) is 3.81. The van der Waals surface area contributed by atoms with Crippen LogP contribution in [0.1, 0.15) is 24.0 Å². The van der Waals surface area contributed by atoms with Gasteiger partial charge in [-0.15, -0.1) is 0 Å². The van der Waals surface area contributed by atoms with Gasteiger partial charge < -0.3 is 24.8 Å². The maximum atomic E-state index is 6.35. The Labute approximate surface area is 190 Å². The quantitative estimate of drug-likeness (QED) is 0.477. The molecule has 0 saturated carbocycles. The van der Waals surface area contributed by atoms with Crippen LogP contribution >= 0.6 is 11.6 Å². The molecule has 1 fully saturated rings. The molecule has 0 unspecified atom stereocenters. The van der Waals surface area contributed by atoms with Crippen molar-refractivity contribution >= 4 is 17.6 Å². The number of ether oxygens (including phenoxy) is 3. The van der Waals surface area contributed by atoms with Crippen molar-refractivity contribution in [2.45, 2.75) is 24.7 Å². The van der Waals surface area contributed by atoms with Crippen LogP contribution in [0.4, 0.5) is 0 Å². The third-order valence-corrected chi connectivity index (χ3v) is 6.27. The van der Waals surface area contributed by atoms with Gasteiger partial charge in [-0.3, -0.25) is 4.99 Å². The van der Waals surface area contributed by atoms with Crippen molar-refractivity contribution in [3.05, 3.63) is 58.6 Å². The van der Waals surface area contributed by atoms with E-state index in [1.807, 2.05) is 30.3 Å². The second-order valence-corrected chi connectivity index (χ2v) is 8.09. The molecule has 1 saturated heterocycles. The van der Waals surface area contributed by atoms with Gasteiger partial charge in [0.2, 0.25) is 0 Å². The van der Waals surface area contributed by atoms with E-state index in [0.29, 0.717) is 5.02 Å². The topological polar surface area (TPSA) is 64.1 Å². The van der Waals surface area contributed by atoms with Crippen LogP contribution in [0, 0.1) is 0 Å². The highest BCUT2D eigenvalue weighted by Gasteiger charge is 2.34. The lowest BCUT2D eigenvalue weighted by Gasteiger charge is -2.38. The van der Waals surface area contributed by atoms with Gasteiger partial charge in [-0.25, -0.2) is 0 Å². The Bertz CT molecular complexity index is 865. The van der Waals surface area contributed by atoms with Crippen LogP contribution in [0.25, 0.3) is 0 Å². The highest BCUT2D eigenvalue weighted by molar-refractivity contribution is 6.31. The zero-order chi connectivity index (χ0) is 22.1. The van der Waals surface area contributed by atoms with E-state index in [2.05, 4.69) is 27.8 Å². The number of aliphatic imine (C=N–C) groups is 1. The number of halogens is 1. The lowest BCUT2D eigenvalue weighted by Crippen LogP contribution is -2.48. The number of guanidine groups is 1. The maximum Gasteiger partial charge on any atom is 0.191 e. The van der Waals surface area contributed by atoms with Crippen LogP contribution in [-0.2, 0) is 16.6 Å². The number of nitrogens with zero attached hydrogens (tertiary/aromatic N) is 1. The van der Waals surface area contributed by atoms with E-state index in [9.17, 15) is 0 Å². The highest BCUT2D eigenvalue weighted by atomic mass is 35.5. The maximum absolute atomic E-state index is 6.35. The fourth-order valence-electron chi connectivity index (χ4n) is 3.92. The molecule has 0 atom stereocenters. The molecular weight excluding hydrogens is 414 g/mol. The van der Waals surface area contributed by atoms with Crippen molar-refractivity contribution in [1.82, 2.24) is 10.6 Å². The van der Waals surface area contributed by atoms with Crippen LogP contribution in [-0.4, -0.2) is 53.5 Å². The van der Waals surface area contributed by atoms with Crippen LogP contribution in [0.3, 0.4) is 0 Å². The number of rotatable bonds is 8. The van der Waals surface area contributed by atoms with Crippen molar-refractivity contribution < 1.29 is 14.2 Å². The Morgan fingerprint density at radius 2 is 1.71 bits per heavy atom. The van der Waals surface area contributed by atoms with Crippen molar-refractivity contribution in [3.63, 3.8) is 0 Å². The minimum Gasteiger partial charge on any atom is -0.497 e. The van der Waals surface area contributed by atoms with E-state index in [-0.39, 0.29) is 5.41 Å². The van der Waals surface area contributed by atoms with Crippen molar-refractivity contribution in [3.8, 4) is 11.5 Å². The van der Waals surface area contributed by atoms with Gasteiger partial charge in [0.25, 0.3) is 0 Å². The summed E-state index contributed by atoms with van der Waals surface area (Å²) in [5, 5.41) is 7.64. The lowest BCUT2D eigenvalue weighted by molar-refractivity contribution is 0.0513. The number of hydrogen-bond donors (Lipinski definition) is 2. The van der Waals surface area contributed by atoms with Crippen molar-refractivity contribution in [1.29, 1.82) is 0 Å². The Morgan fingerprint density at radius 3 is 2.32 bits per heavy atom. The molecule has 168 valence electrons. The monoisotopic (exact) mass is 445 g/mol. The summed E-state index contributed by atoms with van der Waals surface area (Å²) in [5.41, 5.74) is 2.37. The summed E-state index contributed by atoms with van der Waals surface area (Å²) in [5.74, 6) is 2.41. The van der Waals surface area contributed by atoms with Crippen LogP contribution in [0.15, 0.2) is 47.5 Å². The van der Waals surface area contributed by atoms with Crippen molar-refractivity contribution in [2.75, 3.05) is 47.6 Å². The normalized spacial score (nSPS) is 15.9. The van der Waals surface area contributed by atoms with Gasteiger partial charge in [0, 0.05) is 43.8 Å². The van der Waals surface area contributed by atoms with Gasteiger partial charge in [0.15, 0.2) is 5.96 Å². The molecule has 2 aromatic carbocycles. The molecule has 0 radical (unpaired) electrons. The lowest BCUT2D eigenvalue weighted by atomic mass is 9.74. The summed E-state index contributed by atoms with van der Waals surface area (Å²) < 4.78 is 16.2. The van der Waals surface area contributed by atoms with Crippen molar-refractivity contribution in [2.24, 2.45) is 4.99 Å². The molecule has 1 aliphatic heterocycles. The molecule has 0 amide bonds. The second kappa shape index (κ2) is 11.3. The van der Waals surface area contributed by atoms with E-state index in [0.717, 1.165) is 68.6 Å². The molecule has 0 spiro atoms. The molecule has 0 aromatic heterocycles. The molecule has 7 heteroatoms. The van der Waals surface area contributed by atoms with Crippen LogP contribution in [0.2, 0.25) is 5.02 Å². The Hall–Kier alpha value is -2.44. The van der Waals surface area contributed by atoms with E-state index < -0.39 is 0 Å². The summed E-state index contributed by atoms with van der Waals surface area (Å²) in [6.45, 7) is 3.03. The largest absolute Gasteiger partial charge is 0.497 e. The van der Waals surface area contributed by atoms with Gasteiger partial charge in [-0.1, -0.05) is 29.8 Å². The number of benzene rings is 2. The first kappa shape index (κ1) is 23.2. The first-order valence-electron chi connectivity index (χ1n) is 10.6. The first-order valence-corrected chi connectivity index (χ1v) is 11.0. The molecule has 1 aliphatic rings. The minimum absolute atomic E-state index is 0.00142. The van der Waals surface area contributed by atoms with Gasteiger partial charge in [-0.2, -0.15) is 0 Å². The fraction of sp³-hybridized carbons (Fsp3) is 0.458. The molecule has 31 heavy (non-hydrogen) atoms. The van der Waals surface area contributed by atoms with Crippen LogP contribution < -0.4 is 20.1 Å². The molecule has 6 nitrogen and oxygen atoms in total. The Morgan fingerprint density at radius 1 is 1.03 bits per heavy atom. The standard InChI is InChI=1S/C24H32ClN3O3/c1-26-23(27-13-10-18-4-7-21(30-3)16-22(18)25)28-17-24(11-14-31-15-12-24)19-5-8-20(29-2)9-6-19/h4-9,16H,10-15,17H2,1-3H3,(H2,26,27,28). The van der Waals surface area contributed by atoms with Gasteiger partial charge in [0.05, 0.1) is 14.2 Å². The van der Waals surface area contributed by atoms with Crippen LogP contribution in [0.5, 0.6) is 11.5 Å². The summed E-state index contributed by atoms with van der Waals surface area (Å²) in [7, 11) is 5.12. The summed E-state index contributed by atoms with van der Waals surface area (Å²) in [4.78, 5) is 4.40. The number of nitrogens with one attached hydrogen (secondary N) is 2. The average molecular weight is 446 g/mol.